The van der Waals surface area contributed by atoms with Crippen molar-refractivity contribution in [3.05, 3.63) is 71.5 Å². The molecule has 0 saturated heterocycles. The monoisotopic (exact) mass is 384 g/mol. The van der Waals surface area contributed by atoms with Crippen LogP contribution in [-0.2, 0) is 16.1 Å². The van der Waals surface area contributed by atoms with E-state index in [0.29, 0.717) is 6.54 Å². The number of carbonyl (C=O) groups excluding carboxylic acids is 2. The Balaban J connectivity index is 2.30. The Hall–Kier alpha value is -2.69. The van der Waals surface area contributed by atoms with Gasteiger partial charge in [0.05, 0.1) is 0 Å². The molecule has 5 heteroatoms. The molecule has 0 bridgehead atoms. The summed E-state index contributed by atoms with van der Waals surface area (Å²) in [5.41, 5.74) is 1.54. The minimum Gasteiger partial charge on any atom is -0.354 e. The molecule has 1 unspecified atom stereocenters. The smallest absolute Gasteiger partial charge is 0.247 e. The van der Waals surface area contributed by atoms with Gasteiger partial charge in [0.15, 0.2) is 0 Å². The second-order valence-corrected chi connectivity index (χ2v) is 6.81. The molecular formula is C23H29FN2O2. The third-order valence-electron chi connectivity index (χ3n) is 4.64. The standard InChI is InChI=1S/C23H29FN2O2/c1-3-5-9-16-25-23(28)22(19-10-7-6-8-11-19)26(21(27)4-2)17-18-12-14-20(24)15-13-18/h6-8,10-15,22H,3-5,9,16-17H2,1-2H3,(H,25,28). The van der Waals surface area contributed by atoms with Crippen LogP contribution in [0.1, 0.15) is 56.7 Å². The SMILES string of the molecule is CCCCCNC(=O)C(c1ccccc1)N(Cc1ccc(F)cc1)C(=O)CC. The molecule has 0 aliphatic rings. The quantitative estimate of drug-likeness (QED) is 0.608. The molecular weight excluding hydrogens is 355 g/mol. The van der Waals surface area contributed by atoms with Gasteiger partial charge in [0, 0.05) is 19.5 Å². The predicted molar refractivity (Wildman–Crippen MR) is 109 cm³/mol. The van der Waals surface area contributed by atoms with E-state index in [9.17, 15) is 14.0 Å². The van der Waals surface area contributed by atoms with Crippen LogP contribution < -0.4 is 5.32 Å². The zero-order valence-electron chi connectivity index (χ0n) is 16.7. The minimum absolute atomic E-state index is 0.123. The van der Waals surface area contributed by atoms with Crippen molar-refractivity contribution in [2.45, 2.75) is 52.1 Å². The second-order valence-electron chi connectivity index (χ2n) is 6.81. The molecule has 0 spiro atoms. The van der Waals surface area contributed by atoms with E-state index in [-0.39, 0.29) is 30.6 Å². The van der Waals surface area contributed by atoms with Crippen molar-refractivity contribution in [2.24, 2.45) is 0 Å². The van der Waals surface area contributed by atoms with Gasteiger partial charge in [-0.3, -0.25) is 9.59 Å². The van der Waals surface area contributed by atoms with E-state index in [1.165, 1.54) is 12.1 Å². The summed E-state index contributed by atoms with van der Waals surface area (Å²) in [6.45, 7) is 4.72. The molecule has 150 valence electrons. The van der Waals surface area contributed by atoms with E-state index < -0.39 is 6.04 Å². The Morgan fingerprint density at radius 3 is 2.29 bits per heavy atom. The van der Waals surface area contributed by atoms with Crippen LogP contribution in [0.25, 0.3) is 0 Å². The molecule has 1 N–H and O–H groups in total. The Morgan fingerprint density at radius 2 is 1.68 bits per heavy atom. The molecule has 2 amide bonds. The molecule has 0 saturated carbocycles. The van der Waals surface area contributed by atoms with E-state index >= 15 is 0 Å². The number of amides is 2. The first-order chi connectivity index (χ1) is 13.6. The van der Waals surface area contributed by atoms with Crippen molar-refractivity contribution in [1.82, 2.24) is 10.2 Å². The average molecular weight is 384 g/mol. The lowest BCUT2D eigenvalue weighted by molar-refractivity contribution is -0.141. The van der Waals surface area contributed by atoms with Crippen molar-refractivity contribution < 1.29 is 14.0 Å². The summed E-state index contributed by atoms with van der Waals surface area (Å²) in [7, 11) is 0. The number of nitrogens with zero attached hydrogens (tertiary/aromatic N) is 1. The fraction of sp³-hybridized carbons (Fsp3) is 0.391. The first-order valence-corrected chi connectivity index (χ1v) is 9.93. The van der Waals surface area contributed by atoms with Crippen LogP contribution in [-0.4, -0.2) is 23.3 Å². The Kier molecular flexibility index (Phi) is 8.66. The number of nitrogens with one attached hydrogen (secondary N) is 1. The number of unbranched alkanes of at least 4 members (excludes halogenated alkanes) is 2. The molecule has 0 aliphatic heterocycles. The highest BCUT2D eigenvalue weighted by atomic mass is 19.1. The third-order valence-corrected chi connectivity index (χ3v) is 4.64. The number of hydrogen-bond donors (Lipinski definition) is 1. The average Bonchev–Trinajstić information content (AvgIpc) is 2.72. The highest BCUT2D eigenvalue weighted by Crippen LogP contribution is 2.24. The highest BCUT2D eigenvalue weighted by molar-refractivity contribution is 5.88. The fourth-order valence-corrected chi connectivity index (χ4v) is 3.10. The molecule has 0 aromatic heterocycles. The van der Waals surface area contributed by atoms with Gasteiger partial charge < -0.3 is 10.2 Å². The Labute approximate surface area is 166 Å². The summed E-state index contributed by atoms with van der Waals surface area (Å²) in [5, 5.41) is 2.98. The second kappa shape index (κ2) is 11.2. The van der Waals surface area contributed by atoms with Crippen molar-refractivity contribution in [3.8, 4) is 0 Å². The van der Waals surface area contributed by atoms with Crippen molar-refractivity contribution >= 4 is 11.8 Å². The van der Waals surface area contributed by atoms with Gasteiger partial charge in [-0.25, -0.2) is 4.39 Å². The topological polar surface area (TPSA) is 49.4 Å². The molecule has 1 atom stereocenters. The van der Waals surface area contributed by atoms with Crippen molar-refractivity contribution in [1.29, 1.82) is 0 Å². The van der Waals surface area contributed by atoms with Gasteiger partial charge in [-0.1, -0.05) is 69.2 Å². The van der Waals surface area contributed by atoms with E-state index in [0.717, 1.165) is 30.4 Å². The van der Waals surface area contributed by atoms with Gasteiger partial charge in [-0.2, -0.15) is 0 Å². The predicted octanol–water partition coefficient (Wildman–Crippen LogP) is 4.61. The lowest BCUT2D eigenvalue weighted by Gasteiger charge is -2.31. The number of benzene rings is 2. The Bertz CT molecular complexity index is 747. The summed E-state index contributed by atoms with van der Waals surface area (Å²) >= 11 is 0. The van der Waals surface area contributed by atoms with Gasteiger partial charge in [0.2, 0.25) is 11.8 Å². The van der Waals surface area contributed by atoms with Gasteiger partial charge in [-0.15, -0.1) is 0 Å². The van der Waals surface area contributed by atoms with E-state index in [1.54, 1.807) is 24.0 Å². The first-order valence-electron chi connectivity index (χ1n) is 9.93. The summed E-state index contributed by atoms with van der Waals surface area (Å²) in [5.74, 6) is -0.640. The molecule has 0 radical (unpaired) electrons. The van der Waals surface area contributed by atoms with Crippen molar-refractivity contribution in [2.75, 3.05) is 6.54 Å². The molecule has 0 heterocycles. The van der Waals surface area contributed by atoms with Crippen molar-refractivity contribution in [3.63, 3.8) is 0 Å². The first kappa shape index (κ1) is 21.6. The Morgan fingerprint density at radius 1 is 1.00 bits per heavy atom. The molecule has 2 aromatic carbocycles. The van der Waals surface area contributed by atoms with Crippen LogP contribution in [0.4, 0.5) is 4.39 Å². The largest absolute Gasteiger partial charge is 0.354 e. The fourth-order valence-electron chi connectivity index (χ4n) is 3.10. The van der Waals surface area contributed by atoms with Crippen LogP contribution in [0.5, 0.6) is 0 Å². The highest BCUT2D eigenvalue weighted by Gasteiger charge is 2.30. The summed E-state index contributed by atoms with van der Waals surface area (Å²) in [6, 6.07) is 14.6. The van der Waals surface area contributed by atoms with Crippen LogP contribution >= 0.6 is 0 Å². The maximum absolute atomic E-state index is 13.3. The lowest BCUT2D eigenvalue weighted by Crippen LogP contribution is -2.43. The molecule has 2 rings (SSSR count). The maximum atomic E-state index is 13.3. The van der Waals surface area contributed by atoms with Crippen LogP contribution in [0.15, 0.2) is 54.6 Å². The molecule has 4 nitrogen and oxygen atoms in total. The summed E-state index contributed by atoms with van der Waals surface area (Å²) in [4.78, 5) is 27.4. The van der Waals surface area contributed by atoms with Crippen LogP contribution in [0.3, 0.4) is 0 Å². The summed E-state index contributed by atoms with van der Waals surface area (Å²) in [6.07, 6.45) is 3.31. The molecule has 2 aromatic rings. The maximum Gasteiger partial charge on any atom is 0.247 e. The van der Waals surface area contributed by atoms with Gasteiger partial charge in [0.25, 0.3) is 0 Å². The number of hydrogen-bond acceptors (Lipinski definition) is 2. The van der Waals surface area contributed by atoms with Gasteiger partial charge in [0.1, 0.15) is 11.9 Å². The third kappa shape index (κ3) is 6.19. The zero-order valence-corrected chi connectivity index (χ0v) is 16.7. The number of halogens is 1. The van der Waals surface area contributed by atoms with Crippen LogP contribution in [0.2, 0.25) is 0 Å². The molecule has 0 aliphatic carbocycles. The molecule has 28 heavy (non-hydrogen) atoms. The zero-order chi connectivity index (χ0) is 20.4. The minimum atomic E-state index is -0.722. The van der Waals surface area contributed by atoms with Gasteiger partial charge in [-0.05, 0) is 29.7 Å². The normalized spacial score (nSPS) is 11.7. The van der Waals surface area contributed by atoms with E-state index in [4.69, 9.17) is 0 Å². The van der Waals surface area contributed by atoms with E-state index in [2.05, 4.69) is 12.2 Å². The van der Waals surface area contributed by atoms with Crippen LogP contribution in [0, 0.1) is 5.82 Å². The number of rotatable bonds is 10. The molecule has 0 fully saturated rings. The number of carbonyl (C=O) groups is 2. The lowest BCUT2D eigenvalue weighted by atomic mass is 10.0. The van der Waals surface area contributed by atoms with E-state index in [1.807, 2.05) is 30.3 Å². The van der Waals surface area contributed by atoms with Gasteiger partial charge >= 0.3 is 0 Å². The summed E-state index contributed by atoms with van der Waals surface area (Å²) < 4.78 is 13.3.